The molecule has 1 aromatic rings. The number of nitrogens with one attached hydrogen (secondary N) is 1. The zero-order chi connectivity index (χ0) is 14.5. The van der Waals surface area contributed by atoms with E-state index in [1.165, 1.54) is 12.8 Å². The van der Waals surface area contributed by atoms with Crippen LogP contribution in [0.1, 0.15) is 32.3 Å². The second-order valence-corrected chi connectivity index (χ2v) is 5.70. The highest BCUT2D eigenvalue weighted by molar-refractivity contribution is 5.85. The van der Waals surface area contributed by atoms with E-state index in [4.69, 9.17) is 5.73 Å². The number of carbonyl (C=O) groups excluding carboxylic acids is 1. The third-order valence-corrected chi connectivity index (χ3v) is 3.73. The summed E-state index contributed by atoms with van der Waals surface area (Å²) in [5.74, 6) is 1.05. The Kier molecular flexibility index (Phi) is 6.92. The van der Waals surface area contributed by atoms with Crippen LogP contribution in [-0.2, 0) is 11.3 Å². The fourth-order valence-electron chi connectivity index (χ4n) is 2.30. The highest BCUT2D eigenvalue weighted by atomic mass is 35.5. The van der Waals surface area contributed by atoms with Crippen LogP contribution in [0.15, 0.2) is 18.3 Å². The molecule has 1 amide bonds. The molecule has 1 aliphatic rings. The van der Waals surface area contributed by atoms with Gasteiger partial charge in [-0.1, -0.05) is 13.8 Å². The molecule has 2 heterocycles. The first-order valence-corrected chi connectivity index (χ1v) is 7.31. The molecule has 0 aliphatic carbocycles. The summed E-state index contributed by atoms with van der Waals surface area (Å²) >= 11 is 0. The van der Waals surface area contributed by atoms with E-state index in [0.717, 1.165) is 24.5 Å². The topological polar surface area (TPSA) is 71.2 Å². The molecule has 5 nitrogen and oxygen atoms in total. The van der Waals surface area contributed by atoms with Gasteiger partial charge in [0.1, 0.15) is 5.82 Å². The standard InChI is InChI=1S/C15H24N4O.ClH/c1-11(2)14(16)15(20)18-10-12-5-6-17-13(9-12)19-7-3-4-8-19;/h5-6,9,11,14H,3-4,7-8,10,16H2,1-2H3,(H,18,20);1H/t14-;/m0./s1. The molecule has 6 heteroatoms. The van der Waals surface area contributed by atoms with E-state index in [0.29, 0.717) is 6.54 Å². The number of hydrogen-bond acceptors (Lipinski definition) is 4. The normalized spacial score (nSPS) is 15.7. The SMILES string of the molecule is CC(C)[C@H](N)C(=O)NCc1ccnc(N2CCCC2)c1.Cl. The number of amides is 1. The third kappa shape index (κ3) is 4.86. The lowest BCUT2D eigenvalue weighted by atomic mass is 10.1. The van der Waals surface area contributed by atoms with E-state index in [1.54, 1.807) is 6.20 Å². The van der Waals surface area contributed by atoms with Crippen LogP contribution in [0.3, 0.4) is 0 Å². The van der Waals surface area contributed by atoms with Crippen LogP contribution in [0.25, 0.3) is 0 Å². The van der Waals surface area contributed by atoms with Gasteiger partial charge >= 0.3 is 0 Å². The zero-order valence-electron chi connectivity index (χ0n) is 12.7. The lowest BCUT2D eigenvalue weighted by Gasteiger charge is -2.18. The van der Waals surface area contributed by atoms with Gasteiger partial charge in [-0.3, -0.25) is 4.79 Å². The van der Waals surface area contributed by atoms with E-state index in [-0.39, 0.29) is 24.2 Å². The minimum absolute atomic E-state index is 0. The van der Waals surface area contributed by atoms with Gasteiger partial charge in [0.15, 0.2) is 0 Å². The molecule has 0 bridgehead atoms. The van der Waals surface area contributed by atoms with Crippen molar-refractivity contribution in [3.63, 3.8) is 0 Å². The smallest absolute Gasteiger partial charge is 0.237 e. The van der Waals surface area contributed by atoms with E-state index < -0.39 is 6.04 Å². The number of halogens is 1. The number of pyridine rings is 1. The first-order chi connectivity index (χ1) is 9.58. The summed E-state index contributed by atoms with van der Waals surface area (Å²) in [5.41, 5.74) is 6.88. The summed E-state index contributed by atoms with van der Waals surface area (Å²) in [6.07, 6.45) is 4.26. The van der Waals surface area contributed by atoms with Gasteiger partial charge in [-0.05, 0) is 36.5 Å². The highest BCUT2D eigenvalue weighted by Gasteiger charge is 2.17. The van der Waals surface area contributed by atoms with Crippen molar-refractivity contribution in [3.8, 4) is 0 Å². The Hall–Kier alpha value is -1.33. The lowest BCUT2D eigenvalue weighted by molar-refractivity contribution is -0.123. The van der Waals surface area contributed by atoms with Crippen LogP contribution < -0.4 is 16.0 Å². The molecule has 0 spiro atoms. The number of rotatable bonds is 5. The molecule has 1 aromatic heterocycles. The van der Waals surface area contributed by atoms with Gasteiger partial charge in [0.25, 0.3) is 0 Å². The second kappa shape index (κ2) is 8.20. The van der Waals surface area contributed by atoms with Crippen molar-refractivity contribution in [3.05, 3.63) is 23.9 Å². The van der Waals surface area contributed by atoms with Crippen LogP contribution in [0.2, 0.25) is 0 Å². The molecule has 1 saturated heterocycles. The molecule has 1 atom stereocenters. The largest absolute Gasteiger partial charge is 0.357 e. The average molecular weight is 313 g/mol. The Balaban J connectivity index is 0.00000220. The monoisotopic (exact) mass is 312 g/mol. The molecule has 2 rings (SSSR count). The van der Waals surface area contributed by atoms with Crippen LogP contribution in [0.4, 0.5) is 5.82 Å². The molecule has 0 unspecified atom stereocenters. The molecular formula is C15H25ClN4O. The molecule has 3 N–H and O–H groups in total. The Bertz CT molecular complexity index is 461. The van der Waals surface area contributed by atoms with Crippen molar-refractivity contribution in [2.75, 3.05) is 18.0 Å². The van der Waals surface area contributed by atoms with Crippen LogP contribution in [0.5, 0.6) is 0 Å². The van der Waals surface area contributed by atoms with E-state index in [2.05, 4.69) is 15.2 Å². The number of anilines is 1. The number of nitrogens with two attached hydrogens (primary N) is 1. The van der Waals surface area contributed by atoms with Crippen LogP contribution in [-0.4, -0.2) is 30.0 Å². The number of hydrogen-bond donors (Lipinski definition) is 2. The molecule has 0 radical (unpaired) electrons. The number of aromatic nitrogens is 1. The Labute approximate surface area is 132 Å². The minimum atomic E-state index is -0.449. The minimum Gasteiger partial charge on any atom is -0.357 e. The Morgan fingerprint density at radius 2 is 2.10 bits per heavy atom. The maximum atomic E-state index is 11.8. The zero-order valence-corrected chi connectivity index (χ0v) is 13.5. The van der Waals surface area contributed by atoms with E-state index in [1.807, 2.05) is 26.0 Å². The van der Waals surface area contributed by atoms with Crippen molar-refractivity contribution in [2.24, 2.45) is 11.7 Å². The summed E-state index contributed by atoms with van der Waals surface area (Å²) in [6.45, 7) is 6.54. The molecule has 21 heavy (non-hydrogen) atoms. The van der Waals surface area contributed by atoms with Crippen molar-refractivity contribution < 1.29 is 4.79 Å². The van der Waals surface area contributed by atoms with Crippen LogP contribution >= 0.6 is 12.4 Å². The molecule has 0 aromatic carbocycles. The fraction of sp³-hybridized carbons (Fsp3) is 0.600. The van der Waals surface area contributed by atoms with Crippen molar-refractivity contribution in [2.45, 2.75) is 39.3 Å². The van der Waals surface area contributed by atoms with Crippen molar-refractivity contribution in [1.29, 1.82) is 0 Å². The quantitative estimate of drug-likeness (QED) is 0.868. The molecular weight excluding hydrogens is 288 g/mol. The first kappa shape index (κ1) is 17.7. The summed E-state index contributed by atoms with van der Waals surface area (Å²) in [4.78, 5) is 18.5. The number of nitrogens with zero attached hydrogens (tertiary/aromatic N) is 2. The Morgan fingerprint density at radius 1 is 1.43 bits per heavy atom. The van der Waals surface area contributed by atoms with Gasteiger partial charge in [-0.25, -0.2) is 4.98 Å². The maximum Gasteiger partial charge on any atom is 0.237 e. The van der Waals surface area contributed by atoms with Gasteiger partial charge in [-0.2, -0.15) is 0 Å². The average Bonchev–Trinajstić information content (AvgIpc) is 2.98. The van der Waals surface area contributed by atoms with Crippen molar-refractivity contribution >= 4 is 24.1 Å². The van der Waals surface area contributed by atoms with Gasteiger partial charge in [0.2, 0.25) is 5.91 Å². The Morgan fingerprint density at radius 3 is 2.71 bits per heavy atom. The van der Waals surface area contributed by atoms with Crippen LogP contribution in [0, 0.1) is 5.92 Å². The van der Waals surface area contributed by atoms with Gasteiger partial charge < -0.3 is 16.0 Å². The molecule has 118 valence electrons. The maximum absolute atomic E-state index is 11.8. The molecule has 0 saturated carbocycles. The molecule has 1 aliphatic heterocycles. The summed E-state index contributed by atoms with van der Waals surface area (Å²) in [5, 5.41) is 2.89. The fourth-order valence-corrected chi connectivity index (χ4v) is 2.30. The summed E-state index contributed by atoms with van der Waals surface area (Å²) < 4.78 is 0. The summed E-state index contributed by atoms with van der Waals surface area (Å²) in [6, 6.07) is 3.53. The predicted molar refractivity (Wildman–Crippen MR) is 87.6 cm³/mol. The van der Waals surface area contributed by atoms with Gasteiger partial charge in [0.05, 0.1) is 6.04 Å². The molecule has 1 fully saturated rings. The van der Waals surface area contributed by atoms with Gasteiger partial charge in [0, 0.05) is 25.8 Å². The highest BCUT2D eigenvalue weighted by Crippen LogP contribution is 2.18. The first-order valence-electron chi connectivity index (χ1n) is 7.31. The summed E-state index contributed by atoms with van der Waals surface area (Å²) in [7, 11) is 0. The number of carbonyl (C=O) groups is 1. The predicted octanol–water partition coefficient (Wildman–Crippen LogP) is 1.70. The third-order valence-electron chi connectivity index (χ3n) is 3.73. The van der Waals surface area contributed by atoms with Crippen molar-refractivity contribution in [1.82, 2.24) is 10.3 Å². The second-order valence-electron chi connectivity index (χ2n) is 5.70. The van der Waals surface area contributed by atoms with E-state index >= 15 is 0 Å². The van der Waals surface area contributed by atoms with E-state index in [9.17, 15) is 4.79 Å². The lowest BCUT2D eigenvalue weighted by Crippen LogP contribution is -2.43. The van der Waals surface area contributed by atoms with Gasteiger partial charge in [-0.15, -0.1) is 12.4 Å².